The molecular formula is C19H25N3O2. The van der Waals surface area contributed by atoms with Crippen molar-refractivity contribution in [2.24, 2.45) is 0 Å². The van der Waals surface area contributed by atoms with E-state index in [0.29, 0.717) is 18.7 Å². The molecule has 1 atom stereocenters. The van der Waals surface area contributed by atoms with E-state index in [9.17, 15) is 9.90 Å². The SMILES string of the molecule is Cc1c(C(=O)N2CCCC2C(C)(C)O)cnn1Cc1ccccc1. The van der Waals surface area contributed by atoms with Crippen LogP contribution in [0.4, 0.5) is 0 Å². The summed E-state index contributed by atoms with van der Waals surface area (Å²) in [6.45, 7) is 6.81. The molecule has 3 rings (SSSR count). The first kappa shape index (κ1) is 16.7. The van der Waals surface area contributed by atoms with Gasteiger partial charge in [-0.3, -0.25) is 9.48 Å². The first-order valence-corrected chi connectivity index (χ1v) is 8.47. The molecule has 128 valence electrons. The third-order valence-electron chi connectivity index (χ3n) is 4.84. The van der Waals surface area contributed by atoms with Crippen molar-refractivity contribution >= 4 is 5.91 Å². The highest BCUT2D eigenvalue weighted by Gasteiger charge is 2.39. The Hall–Kier alpha value is -2.14. The van der Waals surface area contributed by atoms with E-state index in [-0.39, 0.29) is 11.9 Å². The third-order valence-corrected chi connectivity index (χ3v) is 4.84. The van der Waals surface area contributed by atoms with Gasteiger partial charge >= 0.3 is 0 Å². The molecule has 0 radical (unpaired) electrons. The molecule has 0 aliphatic carbocycles. The molecule has 1 aliphatic heterocycles. The molecule has 1 unspecified atom stereocenters. The molecule has 1 fully saturated rings. The largest absolute Gasteiger partial charge is 0.388 e. The molecule has 1 N–H and O–H groups in total. The fourth-order valence-electron chi connectivity index (χ4n) is 3.47. The van der Waals surface area contributed by atoms with Gasteiger partial charge in [0.1, 0.15) is 0 Å². The number of hydrogen-bond acceptors (Lipinski definition) is 3. The van der Waals surface area contributed by atoms with Crippen LogP contribution in [-0.4, -0.2) is 43.9 Å². The zero-order valence-electron chi connectivity index (χ0n) is 14.6. The number of aliphatic hydroxyl groups is 1. The summed E-state index contributed by atoms with van der Waals surface area (Å²) >= 11 is 0. The summed E-state index contributed by atoms with van der Waals surface area (Å²) in [5.74, 6) is -0.0311. The lowest BCUT2D eigenvalue weighted by atomic mass is 9.96. The van der Waals surface area contributed by atoms with Crippen molar-refractivity contribution in [3.8, 4) is 0 Å². The number of likely N-dealkylation sites (tertiary alicyclic amines) is 1. The van der Waals surface area contributed by atoms with Gasteiger partial charge in [-0.05, 0) is 39.2 Å². The summed E-state index contributed by atoms with van der Waals surface area (Å²) in [6, 6.07) is 9.94. The van der Waals surface area contributed by atoms with Crippen LogP contribution in [-0.2, 0) is 6.54 Å². The van der Waals surface area contributed by atoms with Crippen LogP contribution in [0.3, 0.4) is 0 Å². The second-order valence-electron chi connectivity index (χ2n) is 7.10. The number of carbonyl (C=O) groups is 1. The summed E-state index contributed by atoms with van der Waals surface area (Å²) in [4.78, 5) is 14.8. The van der Waals surface area contributed by atoms with Gasteiger partial charge in [0.05, 0.1) is 29.9 Å². The molecular weight excluding hydrogens is 302 g/mol. The Kier molecular flexibility index (Phi) is 4.45. The lowest BCUT2D eigenvalue weighted by Crippen LogP contribution is -2.48. The molecule has 1 aliphatic rings. The molecule has 0 saturated carbocycles. The van der Waals surface area contributed by atoms with Gasteiger partial charge in [-0.15, -0.1) is 0 Å². The standard InChI is InChI=1S/C19H25N3O2/c1-14-16(12-20-22(14)13-15-8-5-4-6-9-15)18(23)21-11-7-10-17(21)19(2,3)24/h4-6,8-9,12,17,24H,7,10-11,13H2,1-3H3. The summed E-state index contributed by atoms with van der Waals surface area (Å²) in [5, 5.41) is 14.7. The Bertz CT molecular complexity index is 716. The number of carbonyl (C=O) groups excluding carboxylic acids is 1. The van der Waals surface area contributed by atoms with Crippen LogP contribution in [0.5, 0.6) is 0 Å². The number of aromatic nitrogens is 2. The van der Waals surface area contributed by atoms with Crippen molar-refractivity contribution < 1.29 is 9.90 Å². The first-order chi connectivity index (χ1) is 11.4. The minimum atomic E-state index is -0.889. The van der Waals surface area contributed by atoms with Gasteiger partial charge in [-0.2, -0.15) is 5.10 Å². The van der Waals surface area contributed by atoms with E-state index in [1.165, 1.54) is 0 Å². The summed E-state index contributed by atoms with van der Waals surface area (Å²) < 4.78 is 1.86. The number of benzene rings is 1. The zero-order valence-corrected chi connectivity index (χ0v) is 14.6. The second kappa shape index (κ2) is 6.40. The van der Waals surface area contributed by atoms with Gasteiger partial charge in [0.25, 0.3) is 5.91 Å². The summed E-state index contributed by atoms with van der Waals surface area (Å²) in [6.07, 6.45) is 3.42. The van der Waals surface area contributed by atoms with Crippen LogP contribution < -0.4 is 0 Å². The van der Waals surface area contributed by atoms with Gasteiger partial charge in [0, 0.05) is 12.2 Å². The normalized spacial score (nSPS) is 18.2. The van der Waals surface area contributed by atoms with E-state index in [4.69, 9.17) is 0 Å². The van der Waals surface area contributed by atoms with Crippen molar-refractivity contribution in [1.82, 2.24) is 14.7 Å². The van der Waals surface area contributed by atoms with Gasteiger partial charge in [-0.25, -0.2) is 0 Å². The zero-order chi connectivity index (χ0) is 17.3. The number of hydrogen-bond donors (Lipinski definition) is 1. The average molecular weight is 327 g/mol. The minimum absolute atomic E-state index is 0.0311. The van der Waals surface area contributed by atoms with Crippen molar-refractivity contribution in [1.29, 1.82) is 0 Å². The number of amides is 1. The molecule has 5 heteroatoms. The first-order valence-electron chi connectivity index (χ1n) is 8.47. The highest BCUT2D eigenvalue weighted by molar-refractivity contribution is 5.95. The van der Waals surface area contributed by atoms with Crippen molar-refractivity contribution in [2.45, 2.75) is 51.8 Å². The van der Waals surface area contributed by atoms with Crippen LogP contribution >= 0.6 is 0 Å². The molecule has 1 amide bonds. The van der Waals surface area contributed by atoms with Crippen molar-refractivity contribution in [3.63, 3.8) is 0 Å². The predicted octanol–water partition coefficient (Wildman–Crippen LogP) is 2.62. The van der Waals surface area contributed by atoms with Crippen LogP contribution in [0.2, 0.25) is 0 Å². The van der Waals surface area contributed by atoms with Crippen LogP contribution in [0, 0.1) is 6.92 Å². The minimum Gasteiger partial charge on any atom is -0.388 e. The molecule has 5 nitrogen and oxygen atoms in total. The van der Waals surface area contributed by atoms with E-state index in [0.717, 1.165) is 24.1 Å². The molecule has 2 aromatic rings. The maximum Gasteiger partial charge on any atom is 0.257 e. The molecule has 24 heavy (non-hydrogen) atoms. The van der Waals surface area contributed by atoms with Crippen molar-refractivity contribution in [3.05, 3.63) is 53.3 Å². The monoisotopic (exact) mass is 327 g/mol. The van der Waals surface area contributed by atoms with Gasteiger partial charge in [0.15, 0.2) is 0 Å². The average Bonchev–Trinajstić information content (AvgIpc) is 3.16. The molecule has 2 heterocycles. The van der Waals surface area contributed by atoms with E-state index < -0.39 is 5.60 Å². The quantitative estimate of drug-likeness (QED) is 0.939. The lowest BCUT2D eigenvalue weighted by Gasteiger charge is -2.33. The Morgan fingerprint density at radius 3 is 2.71 bits per heavy atom. The van der Waals surface area contributed by atoms with Crippen molar-refractivity contribution in [2.75, 3.05) is 6.54 Å². The maximum absolute atomic E-state index is 13.0. The maximum atomic E-state index is 13.0. The summed E-state index contributed by atoms with van der Waals surface area (Å²) in [7, 11) is 0. The third kappa shape index (κ3) is 3.22. The van der Waals surface area contributed by atoms with Crippen LogP contribution in [0.1, 0.15) is 48.3 Å². The summed E-state index contributed by atoms with van der Waals surface area (Å²) in [5.41, 5.74) is 1.76. The Balaban J connectivity index is 1.81. The fourth-order valence-corrected chi connectivity index (χ4v) is 3.47. The lowest BCUT2D eigenvalue weighted by molar-refractivity contribution is 0.000298. The fraction of sp³-hybridized carbons (Fsp3) is 0.474. The number of rotatable bonds is 4. The van der Waals surface area contributed by atoms with Crippen LogP contribution in [0.25, 0.3) is 0 Å². The predicted molar refractivity (Wildman–Crippen MR) is 92.9 cm³/mol. The highest BCUT2D eigenvalue weighted by atomic mass is 16.3. The Morgan fingerprint density at radius 2 is 2.04 bits per heavy atom. The topological polar surface area (TPSA) is 58.4 Å². The molecule has 0 spiro atoms. The molecule has 1 aromatic heterocycles. The smallest absolute Gasteiger partial charge is 0.257 e. The Labute approximate surface area is 142 Å². The molecule has 0 bridgehead atoms. The second-order valence-corrected chi connectivity index (χ2v) is 7.10. The Morgan fingerprint density at radius 1 is 1.33 bits per heavy atom. The van der Waals surface area contributed by atoms with Gasteiger partial charge in [0.2, 0.25) is 0 Å². The van der Waals surface area contributed by atoms with E-state index in [1.807, 2.05) is 41.9 Å². The van der Waals surface area contributed by atoms with Gasteiger partial charge < -0.3 is 10.0 Å². The van der Waals surface area contributed by atoms with E-state index >= 15 is 0 Å². The molecule has 1 saturated heterocycles. The van der Waals surface area contributed by atoms with Crippen LogP contribution in [0.15, 0.2) is 36.5 Å². The van der Waals surface area contributed by atoms with E-state index in [2.05, 4.69) is 5.10 Å². The number of nitrogens with zero attached hydrogens (tertiary/aromatic N) is 3. The molecule has 1 aromatic carbocycles. The highest BCUT2D eigenvalue weighted by Crippen LogP contribution is 2.28. The van der Waals surface area contributed by atoms with Gasteiger partial charge in [-0.1, -0.05) is 30.3 Å². The van der Waals surface area contributed by atoms with E-state index in [1.54, 1.807) is 24.9 Å².